The zero-order chi connectivity index (χ0) is 11.0. The molecule has 1 aliphatic rings. The maximum Gasteiger partial charge on any atom is 0.251 e. The first-order chi connectivity index (χ1) is 7.09. The van der Waals surface area contributed by atoms with Crippen molar-refractivity contribution in [3.8, 4) is 0 Å². The maximum atomic E-state index is 12.6. The van der Waals surface area contributed by atoms with Gasteiger partial charge in [0.2, 0.25) is 5.91 Å². The van der Waals surface area contributed by atoms with Gasteiger partial charge >= 0.3 is 0 Å². The fraction of sp³-hybridized carbons (Fsp3) is 0.200. The van der Waals surface area contributed by atoms with Crippen molar-refractivity contribution in [1.82, 2.24) is 0 Å². The Hall–Kier alpha value is -1.75. The van der Waals surface area contributed by atoms with Gasteiger partial charge in [0, 0.05) is 0 Å². The van der Waals surface area contributed by atoms with Gasteiger partial charge in [0.05, 0.1) is 18.2 Å². The van der Waals surface area contributed by atoms with Crippen LogP contribution in [0.4, 0.5) is 10.1 Å². The molecule has 1 saturated heterocycles. The molecule has 15 heavy (non-hydrogen) atoms. The predicted octanol–water partition coefficient (Wildman–Crippen LogP) is 0.416. The molecule has 0 aliphatic carbocycles. The van der Waals surface area contributed by atoms with Crippen LogP contribution >= 0.6 is 0 Å². The van der Waals surface area contributed by atoms with E-state index >= 15 is 0 Å². The van der Waals surface area contributed by atoms with Crippen LogP contribution in [0.3, 0.4) is 0 Å². The molecule has 1 fully saturated rings. The highest BCUT2D eigenvalue weighted by Crippen LogP contribution is 2.21. The molecule has 0 unspecified atom stereocenters. The van der Waals surface area contributed by atoms with Gasteiger partial charge in [-0.3, -0.25) is 9.59 Å². The topological polar surface area (TPSA) is 63.4 Å². The fourth-order valence-corrected chi connectivity index (χ4v) is 1.52. The molecule has 4 nitrogen and oxygen atoms in total. The number of anilines is 1. The largest absolute Gasteiger partial charge is 0.319 e. The van der Waals surface area contributed by atoms with Crippen molar-refractivity contribution >= 4 is 17.5 Å². The lowest BCUT2D eigenvalue weighted by atomic mass is 10.3. The number of rotatable bonds is 1. The molecule has 0 spiro atoms. The van der Waals surface area contributed by atoms with Gasteiger partial charge in [-0.25, -0.2) is 9.29 Å². The summed E-state index contributed by atoms with van der Waals surface area (Å²) >= 11 is 0. The Morgan fingerprint density at radius 2 is 1.87 bits per heavy atom. The van der Waals surface area contributed by atoms with Gasteiger partial charge in [0.1, 0.15) is 5.82 Å². The minimum Gasteiger partial charge on any atom is -0.319 e. The number of imide groups is 1. The summed E-state index contributed by atoms with van der Waals surface area (Å²) in [5, 5.41) is 0. The summed E-state index contributed by atoms with van der Waals surface area (Å²) in [4.78, 5) is 23.9. The number of benzene rings is 1. The third kappa shape index (κ3) is 1.61. The van der Waals surface area contributed by atoms with E-state index in [2.05, 4.69) is 0 Å². The zero-order valence-corrected chi connectivity index (χ0v) is 7.81. The zero-order valence-electron chi connectivity index (χ0n) is 7.81. The Balaban J connectivity index is 2.35. The standard InChI is InChI=1S/C10H9FN2O2/c11-6-1-3-7(4-2-6)13-9(14)5-8(12)10(13)15/h1-4,8H,5,12H2/t8-/m0/s1. The minimum atomic E-state index is -0.775. The third-order valence-electron chi connectivity index (χ3n) is 2.27. The number of nitrogens with zero attached hydrogens (tertiary/aromatic N) is 1. The molecular formula is C10H9FN2O2. The molecule has 0 bridgehead atoms. The van der Waals surface area contributed by atoms with Crippen LogP contribution in [-0.2, 0) is 9.59 Å². The Kier molecular flexibility index (Phi) is 2.24. The minimum absolute atomic E-state index is 0.0101. The van der Waals surface area contributed by atoms with Crippen molar-refractivity contribution in [2.75, 3.05) is 4.90 Å². The van der Waals surface area contributed by atoms with E-state index in [9.17, 15) is 14.0 Å². The number of carbonyl (C=O) groups excluding carboxylic acids is 2. The average Bonchev–Trinajstić information content (AvgIpc) is 2.44. The normalized spacial score (nSPS) is 21.2. The number of hydrogen-bond acceptors (Lipinski definition) is 3. The summed E-state index contributed by atoms with van der Waals surface area (Å²) in [6.45, 7) is 0. The van der Waals surface area contributed by atoms with Gasteiger partial charge in [-0.05, 0) is 24.3 Å². The second-order valence-electron chi connectivity index (χ2n) is 3.35. The quantitative estimate of drug-likeness (QED) is 0.680. The number of amides is 2. The maximum absolute atomic E-state index is 12.6. The number of halogens is 1. The van der Waals surface area contributed by atoms with Gasteiger partial charge in [0.15, 0.2) is 0 Å². The molecule has 1 atom stereocenters. The molecule has 5 heteroatoms. The van der Waals surface area contributed by atoms with Crippen molar-refractivity contribution in [3.05, 3.63) is 30.1 Å². The number of nitrogens with two attached hydrogens (primary N) is 1. The third-order valence-corrected chi connectivity index (χ3v) is 2.27. The van der Waals surface area contributed by atoms with Crippen LogP contribution in [-0.4, -0.2) is 17.9 Å². The predicted molar refractivity (Wildman–Crippen MR) is 51.5 cm³/mol. The van der Waals surface area contributed by atoms with Gasteiger partial charge in [0.25, 0.3) is 5.91 Å². The van der Waals surface area contributed by atoms with Crippen LogP contribution in [0.2, 0.25) is 0 Å². The Morgan fingerprint density at radius 3 is 2.33 bits per heavy atom. The molecule has 1 aromatic carbocycles. The molecule has 0 radical (unpaired) electrons. The summed E-state index contributed by atoms with van der Waals surface area (Å²) in [6, 6.07) is 4.37. The van der Waals surface area contributed by atoms with Crippen LogP contribution in [0.5, 0.6) is 0 Å². The lowest BCUT2D eigenvalue weighted by molar-refractivity contribution is -0.121. The highest BCUT2D eigenvalue weighted by molar-refractivity contribution is 6.22. The Bertz CT molecular complexity index is 416. The molecule has 0 aromatic heterocycles. The van der Waals surface area contributed by atoms with Crippen molar-refractivity contribution in [3.63, 3.8) is 0 Å². The lowest BCUT2D eigenvalue weighted by Gasteiger charge is -2.13. The van der Waals surface area contributed by atoms with Crippen LogP contribution in [0.15, 0.2) is 24.3 Å². The van der Waals surface area contributed by atoms with E-state index < -0.39 is 17.8 Å². The molecule has 78 valence electrons. The summed E-state index contributed by atoms with van der Waals surface area (Å²) in [5.74, 6) is -1.20. The van der Waals surface area contributed by atoms with Gasteiger partial charge in [-0.15, -0.1) is 0 Å². The second kappa shape index (κ2) is 3.43. The molecule has 1 aromatic rings. The van der Waals surface area contributed by atoms with Crippen molar-refractivity contribution in [2.24, 2.45) is 5.73 Å². The summed E-state index contributed by atoms with van der Waals surface area (Å²) in [7, 11) is 0. The Morgan fingerprint density at radius 1 is 1.27 bits per heavy atom. The van der Waals surface area contributed by atoms with E-state index in [0.29, 0.717) is 5.69 Å². The molecular weight excluding hydrogens is 199 g/mol. The van der Waals surface area contributed by atoms with Crippen molar-refractivity contribution in [2.45, 2.75) is 12.5 Å². The van der Waals surface area contributed by atoms with Gasteiger partial charge < -0.3 is 5.73 Å². The van der Waals surface area contributed by atoms with Crippen LogP contribution in [0.1, 0.15) is 6.42 Å². The van der Waals surface area contributed by atoms with E-state index in [1.165, 1.54) is 24.3 Å². The van der Waals surface area contributed by atoms with Crippen molar-refractivity contribution in [1.29, 1.82) is 0 Å². The lowest BCUT2D eigenvalue weighted by Crippen LogP contribution is -2.35. The van der Waals surface area contributed by atoms with E-state index in [1.807, 2.05) is 0 Å². The highest BCUT2D eigenvalue weighted by atomic mass is 19.1. The number of carbonyl (C=O) groups is 2. The van der Waals surface area contributed by atoms with E-state index in [-0.39, 0.29) is 12.3 Å². The summed E-state index contributed by atoms with van der Waals surface area (Å²) in [6.07, 6.45) is 0.0101. The van der Waals surface area contributed by atoms with E-state index in [4.69, 9.17) is 5.73 Å². The first-order valence-corrected chi connectivity index (χ1v) is 4.47. The van der Waals surface area contributed by atoms with Crippen LogP contribution in [0.25, 0.3) is 0 Å². The monoisotopic (exact) mass is 208 g/mol. The SMILES string of the molecule is N[C@H]1CC(=O)N(c2ccc(F)cc2)C1=O. The smallest absolute Gasteiger partial charge is 0.251 e. The van der Waals surface area contributed by atoms with Crippen molar-refractivity contribution < 1.29 is 14.0 Å². The number of hydrogen-bond donors (Lipinski definition) is 1. The van der Waals surface area contributed by atoms with Crippen LogP contribution in [0, 0.1) is 5.82 Å². The van der Waals surface area contributed by atoms with E-state index in [0.717, 1.165) is 4.90 Å². The fourth-order valence-electron chi connectivity index (χ4n) is 1.52. The molecule has 2 N–H and O–H groups in total. The summed E-state index contributed by atoms with van der Waals surface area (Å²) in [5.41, 5.74) is 5.80. The van der Waals surface area contributed by atoms with Gasteiger partial charge in [-0.1, -0.05) is 0 Å². The van der Waals surface area contributed by atoms with Crippen LogP contribution < -0.4 is 10.6 Å². The molecule has 1 aliphatic heterocycles. The molecule has 1 heterocycles. The second-order valence-corrected chi connectivity index (χ2v) is 3.35. The molecule has 2 rings (SSSR count). The van der Waals surface area contributed by atoms with Gasteiger partial charge in [-0.2, -0.15) is 0 Å². The first kappa shape index (κ1) is 9.79. The molecule has 2 amide bonds. The summed E-state index contributed by atoms with van der Waals surface area (Å²) < 4.78 is 12.6. The highest BCUT2D eigenvalue weighted by Gasteiger charge is 2.37. The van der Waals surface area contributed by atoms with E-state index in [1.54, 1.807) is 0 Å². The average molecular weight is 208 g/mol. The Labute approximate surface area is 85.5 Å². The molecule has 0 saturated carbocycles. The first-order valence-electron chi connectivity index (χ1n) is 4.47.